The molecule has 3 N–H and O–H groups in total. The van der Waals surface area contributed by atoms with Crippen molar-refractivity contribution in [1.29, 1.82) is 0 Å². The Balaban J connectivity index is 1.58. The van der Waals surface area contributed by atoms with Crippen molar-refractivity contribution in [2.75, 3.05) is 20.2 Å². The highest BCUT2D eigenvalue weighted by Gasteiger charge is 2.40. The monoisotopic (exact) mass is 531 g/mol. The van der Waals surface area contributed by atoms with Gasteiger partial charge in [-0.05, 0) is 56.4 Å². The molecule has 0 radical (unpaired) electrons. The van der Waals surface area contributed by atoms with Crippen LogP contribution in [0.1, 0.15) is 65.5 Å². The summed E-state index contributed by atoms with van der Waals surface area (Å²) in [6.45, 7) is 7.13. The maximum absolute atomic E-state index is 13.6. The van der Waals surface area contributed by atoms with Crippen molar-refractivity contribution < 1.29 is 23.4 Å². The molecule has 2 unspecified atom stereocenters. The molecule has 1 amide bonds. The first kappa shape index (κ1) is 27.7. The van der Waals surface area contributed by atoms with Gasteiger partial charge in [0.1, 0.15) is 5.75 Å². The number of aromatic amines is 1. The first-order chi connectivity index (χ1) is 17.9. The van der Waals surface area contributed by atoms with Crippen LogP contribution in [0.4, 0.5) is 8.78 Å². The van der Waals surface area contributed by atoms with E-state index < -0.39 is 12.2 Å². The van der Waals surface area contributed by atoms with Gasteiger partial charge in [0.15, 0.2) is 6.23 Å². The number of piperidine rings is 1. The number of fused-ring (bicyclic) bond motifs is 1. The summed E-state index contributed by atoms with van der Waals surface area (Å²) in [6, 6.07) is 5.29. The number of hydrogen-bond donors (Lipinski definition) is 3. The molecule has 4 rings (SSSR count). The number of pyridine rings is 1. The fraction of sp³-hybridized carbons (Fsp3) is 0.519. The second kappa shape index (κ2) is 10.8. The molecule has 38 heavy (non-hydrogen) atoms. The molecule has 0 bridgehead atoms. The molecule has 1 aliphatic rings. The van der Waals surface area contributed by atoms with Crippen LogP contribution in [0.3, 0.4) is 0 Å². The third-order valence-corrected chi connectivity index (χ3v) is 7.61. The van der Waals surface area contributed by atoms with Crippen molar-refractivity contribution in [2.45, 2.75) is 65.1 Å². The van der Waals surface area contributed by atoms with E-state index in [4.69, 9.17) is 4.74 Å². The number of aliphatic hydroxyl groups is 1. The molecule has 2 atom stereocenters. The van der Waals surface area contributed by atoms with Gasteiger partial charge in [0.2, 0.25) is 0 Å². The number of nitrogens with zero attached hydrogens (tertiary/aromatic N) is 3. The van der Waals surface area contributed by atoms with E-state index in [-0.39, 0.29) is 29.8 Å². The average Bonchev–Trinajstić information content (AvgIpc) is 3.17. The van der Waals surface area contributed by atoms with Gasteiger partial charge in [0.05, 0.1) is 30.3 Å². The number of nitrogens with one attached hydrogen (secondary N) is 2. The molecule has 1 aliphatic heterocycles. The first-order valence-corrected chi connectivity index (χ1v) is 12.7. The zero-order valence-electron chi connectivity index (χ0n) is 22.3. The van der Waals surface area contributed by atoms with E-state index in [0.29, 0.717) is 54.0 Å². The van der Waals surface area contributed by atoms with Crippen LogP contribution in [0.25, 0.3) is 5.52 Å². The summed E-state index contributed by atoms with van der Waals surface area (Å²) in [5.74, 6) is -2.98. The molecule has 0 aliphatic carbocycles. The number of ether oxygens (including phenoxy) is 1. The molecular weight excluding hydrogens is 496 g/mol. The van der Waals surface area contributed by atoms with E-state index in [1.54, 1.807) is 29.8 Å². The summed E-state index contributed by atoms with van der Waals surface area (Å²) in [5.41, 5.74) is 3.44. The van der Waals surface area contributed by atoms with Gasteiger partial charge in [0.25, 0.3) is 17.4 Å². The predicted octanol–water partition coefficient (Wildman–Crippen LogP) is 3.37. The molecule has 206 valence electrons. The number of hydrogen-bond acceptors (Lipinski definition) is 6. The second-order valence-corrected chi connectivity index (χ2v) is 10.2. The highest BCUT2D eigenvalue weighted by molar-refractivity contribution is 6.03. The Bertz CT molecular complexity index is 1370. The van der Waals surface area contributed by atoms with Crippen molar-refractivity contribution in [3.8, 4) is 5.75 Å². The number of aliphatic hydroxyl groups excluding tert-OH is 1. The van der Waals surface area contributed by atoms with Gasteiger partial charge in [-0.2, -0.15) is 5.10 Å². The quantitative estimate of drug-likeness (QED) is 0.411. The Kier molecular flexibility index (Phi) is 7.89. The van der Waals surface area contributed by atoms with Gasteiger partial charge >= 0.3 is 0 Å². The number of rotatable bonds is 8. The number of alkyl halides is 2. The number of methoxy groups -OCH3 is 1. The number of halogens is 2. The molecule has 3 aromatic rings. The van der Waals surface area contributed by atoms with E-state index in [0.717, 1.165) is 18.2 Å². The van der Waals surface area contributed by atoms with Crippen LogP contribution in [0.2, 0.25) is 0 Å². The third kappa shape index (κ3) is 5.30. The first-order valence-electron chi connectivity index (χ1n) is 12.7. The molecule has 3 aromatic heterocycles. The Morgan fingerprint density at radius 3 is 2.66 bits per heavy atom. The number of aryl methyl sites for hydroxylation is 1. The summed E-state index contributed by atoms with van der Waals surface area (Å²) >= 11 is 0. The van der Waals surface area contributed by atoms with Crippen LogP contribution in [-0.4, -0.2) is 62.9 Å². The van der Waals surface area contributed by atoms with Crippen LogP contribution in [0.15, 0.2) is 29.2 Å². The lowest BCUT2D eigenvalue weighted by atomic mass is 9.82. The molecule has 11 heteroatoms. The summed E-state index contributed by atoms with van der Waals surface area (Å²) in [4.78, 5) is 30.1. The summed E-state index contributed by atoms with van der Waals surface area (Å²) < 4.78 is 34.3. The largest absolute Gasteiger partial charge is 0.496 e. The highest BCUT2D eigenvalue weighted by atomic mass is 19.3. The lowest BCUT2D eigenvalue weighted by molar-refractivity contribution is -0.171. The van der Waals surface area contributed by atoms with Crippen LogP contribution in [0, 0.1) is 19.8 Å². The fourth-order valence-corrected chi connectivity index (χ4v) is 5.55. The van der Waals surface area contributed by atoms with E-state index in [1.165, 1.54) is 12.0 Å². The minimum atomic E-state index is -3.19. The van der Waals surface area contributed by atoms with Crippen molar-refractivity contribution in [1.82, 2.24) is 24.8 Å². The third-order valence-electron chi connectivity index (χ3n) is 7.61. The van der Waals surface area contributed by atoms with Gasteiger partial charge < -0.3 is 20.1 Å². The van der Waals surface area contributed by atoms with Gasteiger partial charge in [-0.3, -0.25) is 14.5 Å². The maximum atomic E-state index is 13.6. The lowest BCUT2D eigenvalue weighted by Gasteiger charge is -2.38. The van der Waals surface area contributed by atoms with Crippen molar-refractivity contribution in [3.63, 3.8) is 0 Å². The van der Waals surface area contributed by atoms with Crippen LogP contribution in [-0.2, 0) is 6.54 Å². The number of carbonyl (C=O) groups is 1. The molecular formula is C27H35F2N5O4. The zero-order valence-corrected chi connectivity index (χ0v) is 22.3. The minimum absolute atomic E-state index is 0.0115. The lowest BCUT2D eigenvalue weighted by Crippen LogP contribution is -2.50. The van der Waals surface area contributed by atoms with E-state index >= 15 is 0 Å². The standard InChI is InChI=1S/C27H35F2N5O4/c1-15-13-21(38-5)19(24(35)32-15)14-30-25(36)22-17(3)23(34-20(22)7-6-10-31-34)16(2)18-8-11-33(12-9-18)26(37)27(4,28)29/h6-7,10,13,16,18,26,37H,8-9,11-12,14H2,1-5H3,(H,30,36)(H,32,35). The average molecular weight is 532 g/mol. The second-order valence-electron chi connectivity index (χ2n) is 10.2. The number of H-pyrrole nitrogens is 1. The Hall–Kier alpha value is -3.31. The highest BCUT2D eigenvalue weighted by Crippen LogP contribution is 2.38. The fourth-order valence-electron chi connectivity index (χ4n) is 5.55. The van der Waals surface area contributed by atoms with Gasteiger partial charge in [0, 0.05) is 43.5 Å². The Morgan fingerprint density at radius 1 is 1.34 bits per heavy atom. The maximum Gasteiger partial charge on any atom is 0.284 e. The Morgan fingerprint density at radius 2 is 2.03 bits per heavy atom. The normalized spacial score (nSPS) is 16.9. The van der Waals surface area contributed by atoms with Crippen LogP contribution >= 0.6 is 0 Å². The molecule has 4 heterocycles. The zero-order chi connectivity index (χ0) is 27.8. The molecule has 1 saturated heterocycles. The summed E-state index contributed by atoms with van der Waals surface area (Å²) in [7, 11) is 1.48. The molecule has 9 nitrogen and oxygen atoms in total. The minimum Gasteiger partial charge on any atom is -0.496 e. The van der Waals surface area contributed by atoms with E-state index in [2.05, 4.69) is 22.3 Å². The van der Waals surface area contributed by atoms with E-state index in [9.17, 15) is 23.5 Å². The van der Waals surface area contributed by atoms with Crippen LogP contribution < -0.4 is 15.6 Å². The summed E-state index contributed by atoms with van der Waals surface area (Å²) in [6.07, 6.45) is 1.12. The predicted molar refractivity (Wildman–Crippen MR) is 139 cm³/mol. The van der Waals surface area contributed by atoms with Crippen molar-refractivity contribution in [3.05, 3.63) is 62.8 Å². The van der Waals surface area contributed by atoms with Gasteiger partial charge in [-0.1, -0.05) is 6.92 Å². The van der Waals surface area contributed by atoms with Gasteiger partial charge in [-0.25, -0.2) is 13.3 Å². The Labute approximate surface area is 219 Å². The molecule has 0 spiro atoms. The summed E-state index contributed by atoms with van der Waals surface area (Å²) in [5, 5.41) is 17.4. The number of aromatic nitrogens is 3. The SMILES string of the molecule is COc1cc(C)[nH]c(=O)c1CNC(=O)c1c(C)c(C(C)C2CCN(C(O)C(C)(F)F)CC2)n2ncccc12. The van der Waals surface area contributed by atoms with Crippen LogP contribution in [0.5, 0.6) is 5.75 Å². The smallest absolute Gasteiger partial charge is 0.284 e. The topological polar surface area (TPSA) is 112 Å². The number of likely N-dealkylation sites (tertiary alicyclic amines) is 1. The molecule has 0 saturated carbocycles. The molecule has 0 aromatic carbocycles. The molecule has 1 fully saturated rings. The number of carbonyl (C=O) groups excluding carboxylic acids is 1. The van der Waals surface area contributed by atoms with Gasteiger partial charge in [-0.15, -0.1) is 0 Å². The van der Waals surface area contributed by atoms with Crippen molar-refractivity contribution in [2.24, 2.45) is 5.92 Å². The van der Waals surface area contributed by atoms with Crippen molar-refractivity contribution >= 4 is 11.4 Å². The van der Waals surface area contributed by atoms with E-state index in [1.807, 2.05) is 13.0 Å². The number of amides is 1.